The molecule has 16 heavy (non-hydrogen) atoms. The summed E-state index contributed by atoms with van der Waals surface area (Å²) in [6.07, 6.45) is 0. The van der Waals surface area contributed by atoms with Crippen LogP contribution in [0.25, 0.3) is 10.8 Å². The Morgan fingerprint density at radius 1 is 1.12 bits per heavy atom. The minimum absolute atomic E-state index is 0.231. The molecular weight excluding hydrogens is 196 g/mol. The Bertz CT molecular complexity index is 552. The van der Waals surface area contributed by atoms with E-state index in [9.17, 15) is 0 Å². The molecule has 0 fully saturated rings. The number of fused-ring (bicyclic) bond motifs is 1. The molecule has 0 aliphatic carbocycles. The average Bonchev–Trinajstić information content (AvgIpc) is 2.31. The number of nitrogens with one attached hydrogen (secondary N) is 1. The van der Waals surface area contributed by atoms with Gasteiger partial charge in [-0.05, 0) is 36.4 Å². The lowest BCUT2D eigenvalue weighted by Crippen LogP contribution is -2.13. The van der Waals surface area contributed by atoms with Crippen molar-refractivity contribution in [2.75, 3.05) is 7.05 Å². The van der Waals surface area contributed by atoms with Crippen LogP contribution in [0.3, 0.4) is 0 Å². The fourth-order valence-corrected chi connectivity index (χ4v) is 1.87. The Morgan fingerprint density at radius 2 is 1.81 bits per heavy atom. The number of hydrogen-bond donors (Lipinski definition) is 1. The maximum absolute atomic E-state index is 8.98. The molecule has 2 aromatic rings. The normalized spacial score (nSPS) is 12.3. The van der Waals surface area contributed by atoms with Crippen molar-refractivity contribution in [2.45, 2.75) is 13.0 Å². The molecule has 2 nitrogen and oxygen atoms in total. The quantitative estimate of drug-likeness (QED) is 0.827. The van der Waals surface area contributed by atoms with Crippen molar-refractivity contribution in [1.29, 1.82) is 5.26 Å². The van der Waals surface area contributed by atoms with Gasteiger partial charge < -0.3 is 5.32 Å². The number of hydrogen-bond acceptors (Lipinski definition) is 2. The van der Waals surface area contributed by atoms with Crippen molar-refractivity contribution < 1.29 is 0 Å². The van der Waals surface area contributed by atoms with Crippen LogP contribution in [0.5, 0.6) is 0 Å². The van der Waals surface area contributed by atoms with Gasteiger partial charge in [0.25, 0.3) is 0 Å². The minimum Gasteiger partial charge on any atom is -0.301 e. The summed E-state index contributed by atoms with van der Waals surface area (Å²) in [6, 6.07) is 14.5. The molecule has 1 unspecified atom stereocenters. The van der Waals surface area contributed by atoms with Gasteiger partial charge in [0.1, 0.15) is 6.04 Å². The van der Waals surface area contributed by atoms with E-state index in [0.717, 1.165) is 5.56 Å². The molecule has 0 radical (unpaired) electrons. The van der Waals surface area contributed by atoms with Crippen molar-refractivity contribution in [2.24, 2.45) is 0 Å². The van der Waals surface area contributed by atoms with Gasteiger partial charge in [0.15, 0.2) is 0 Å². The molecule has 2 heteroatoms. The first-order valence-electron chi connectivity index (χ1n) is 5.32. The highest BCUT2D eigenvalue weighted by Gasteiger charge is 2.07. The van der Waals surface area contributed by atoms with Gasteiger partial charge in [0, 0.05) is 0 Å². The van der Waals surface area contributed by atoms with Crippen LogP contribution in [-0.2, 0) is 0 Å². The monoisotopic (exact) mass is 210 g/mol. The largest absolute Gasteiger partial charge is 0.301 e. The van der Waals surface area contributed by atoms with E-state index in [1.165, 1.54) is 16.3 Å². The summed E-state index contributed by atoms with van der Waals surface area (Å²) in [5.41, 5.74) is 2.27. The summed E-state index contributed by atoms with van der Waals surface area (Å²) in [7, 11) is 1.80. The second kappa shape index (κ2) is 4.34. The predicted octanol–water partition coefficient (Wildman–Crippen LogP) is 2.93. The highest BCUT2D eigenvalue weighted by Crippen LogP contribution is 2.21. The zero-order valence-corrected chi connectivity index (χ0v) is 9.49. The molecule has 0 heterocycles. The molecule has 1 atom stereocenters. The predicted molar refractivity (Wildman–Crippen MR) is 66.1 cm³/mol. The Labute approximate surface area is 95.5 Å². The van der Waals surface area contributed by atoms with E-state index in [1.54, 1.807) is 7.05 Å². The minimum atomic E-state index is -0.231. The third kappa shape index (κ3) is 1.91. The molecule has 80 valence electrons. The molecule has 2 rings (SSSR count). The highest BCUT2D eigenvalue weighted by atomic mass is 14.9. The van der Waals surface area contributed by atoms with Crippen LogP contribution >= 0.6 is 0 Å². The standard InChI is InChI=1S/C14H14N2/c1-10-3-4-12-8-13(14(9-15)16-2)6-5-11(12)7-10/h3-8,14,16H,1-2H3. The second-order valence-electron chi connectivity index (χ2n) is 3.96. The molecule has 2 aromatic carbocycles. The van der Waals surface area contributed by atoms with Crippen LogP contribution in [-0.4, -0.2) is 7.05 Å². The number of benzene rings is 2. The number of rotatable bonds is 2. The van der Waals surface area contributed by atoms with Crippen molar-refractivity contribution in [3.05, 3.63) is 47.5 Å². The molecule has 1 N–H and O–H groups in total. The average molecular weight is 210 g/mol. The summed E-state index contributed by atoms with van der Waals surface area (Å²) in [5, 5.41) is 14.4. The molecule has 0 saturated carbocycles. The third-order valence-electron chi connectivity index (χ3n) is 2.77. The highest BCUT2D eigenvalue weighted by molar-refractivity contribution is 5.84. The van der Waals surface area contributed by atoms with E-state index < -0.39 is 0 Å². The SMILES string of the molecule is CNC(C#N)c1ccc2cc(C)ccc2c1. The summed E-state index contributed by atoms with van der Waals surface area (Å²) >= 11 is 0. The lowest BCUT2D eigenvalue weighted by atomic mass is 10.0. The van der Waals surface area contributed by atoms with Gasteiger partial charge in [-0.2, -0.15) is 5.26 Å². The molecule has 0 bridgehead atoms. The molecule has 0 aromatic heterocycles. The van der Waals surface area contributed by atoms with Gasteiger partial charge in [-0.3, -0.25) is 0 Å². The van der Waals surface area contributed by atoms with Crippen LogP contribution in [0.2, 0.25) is 0 Å². The number of nitrogens with zero attached hydrogens (tertiary/aromatic N) is 1. The van der Waals surface area contributed by atoms with Crippen molar-refractivity contribution in [3.8, 4) is 6.07 Å². The lowest BCUT2D eigenvalue weighted by molar-refractivity contribution is 0.728. The van der Waals surface area contributed by atoms with E-state index in [4.69, 9.17) is 5.26 Å². The van der Waals surface area contributed by atoms with Crippen molar-refractivity contribution >= 4 is 10.8 Å². The summed E-state index contributed by atoms with van der Waals surface area (Å²) in [4.78, 5) is 0. The number of aryl methyl sites for hydroxylation is 1. The van der Waals surface area contributed by atoms with E-state index in [-0.39, 0.29) is 6.04 Å². The van der Waals surface area contributed by atoms with E-state index in [2.05, 4.69) is 48.6 Å². The van der Waals surface area contributed by atoms with Crippen LogP contribution in [0.4, 0.5) is 0 Å². The summed E-state index contributed by atoms with van der Waals surface area (Å²) in [5.74, 6) is 0. The van der Waals surface area contributed by atoms with E-state index in [1.807, 2.05) is 6.07 Å². The van der Waals surface area contributed by atoms with Gasteiger partial charge in [0.2, 0.25) is 0 Å². The van der Waals surface area contributed by atoms with Crippen LogP contribution in [0, 0.1) is 18.3 Å². The van der Waals surface area contributed by atoms with Gasteiger partial charge in [-0.1, -0.05) is 35.9 Å². The first kappa shape index (κ1) is 10.7. The molecule has 0 amide bonds. The van der Waals surface area contributed by atoms with Crippen molar-refractivity contribution in [1.82, 2.24) is 5.32 Å². The number of nitriles is 1. The van der Waals surface area contributed by atoms with Gasteiger partial charge >= 0.3 is 0 Å². The molecule has 0 aliphatic heterocycles. The fraction of sp³-hybridized carbons (Fsp3) is 0.214. The van der Waals surface area contributed by atoms with Crippen LogP contribution in [0.15, 0.2) is 36.4 Å². The summed E-state index contributed by atoms with van der Waals surface area (Å²) < 4.78 is 0. The fourth-order valence-electron chi connectivity index (χ4n) is 1.87. The van der Waals surface area contributed by atoms with Crippen LogP contribution in [0.1, 0.15) is 17.2 Å². The maximum atomic E-state index is 8.98. The Morgan fingerprint density at radius 3 is 2.50 bits per heavy atom. The molecule has 0 aliphatic rings. The topological polar surface area (TPSA) is 35.8 Å². The molecule has 0 saturated heterocycles. The van der Waals surface area contributed by atoms with Gasteiger partial charge in [-0.15, -0.1) is 0 Å². The van der Waals surface area contributed by atoms with E-state index in [0.29, 0.717) is 0 Å². The Kier molecular flexibility index (Phi) is 2.89. The Hall–Kier alpha value is -1.85. The van der Waals surface area contributed by atoms with E-state index >= 15 is 0 Å². The Balaban J connectivity index is 2.53. The van der Waals surface area contributed by atoms with Gasteiger partial charge in [-0.25, -0.2) is 0 Å². The maximum Gasteiger partial charge on any atom is 0.121 e. The van der Waals surface area contributed by atoms with Crippen molar-refractivity contribution in [3.63, 3.8) is 0 Å². The summed E-state index contributed by atoms with van der Waals surface area (Å²) in [6.45, 7) is 2.08. The molecular formula is C14H14N2. The van der Waals surface area contributed by atoms with Gasteiger partial charge in [0.05, 0.1) is 6.07 Å². The zero-order valence-electron chi connectivity index (χ0n) is 9.49. The zero-order chi connectivity index (χ0) is 11.5. The smallest absolute Gasteiger partial charge is 0.121 e. The first-order valence-corrected chi connectivity index (χ1v) is 5.32. The first-order chi connectivity index (χ1) is 7.74. The third-order valence-corrected chi connectivity index (χ3v) is 2.77. The second-order valence-corrected chi connectivity index (χ2v) is 3.96. The lowest BCUT2D eigenvalue weighted by Gasteiger charge is -2.09. The molecule has 0 spiro atoms. The van der Waals surface area contributed by atoms with Crippen LogP contribution < -0.4 is 5.32 Å².